The molecule has 1 aromatic carbocycles. The predicted octanol–water partition coefficient (Wildman–Crippen LogP) is 4.55. The Bertz CT molecular complexity index is 657. The summed E-state index contributed by atoms with van der Waals surface area (Å²) in [5, 5.41) is 0. The van der Waals surface area contributed by atoms with E-state index >= 15 is 0 Å². The third-order valence-corrected chi connectivity index (χ3v) is 6.85. The molecule has 0 aliphatic heterocycles. The van der Waals surface area contributed by atoms with Crippen LogP contribution in [0.5, 0.6) is 5.75 Å². The van der Waals surface area contributed by atoms with E-state index in [1.54, 1.807) is 0 Å². The van der Waals surface area contributed by atoms with Crippen molar-refractivity contribution in [2.45, 2.75) is 129 Å². The van der Waals surface area contributed by atoms with Gasteiger partial charge in [0.15, 0.2) is 5.44 Å². The molecule has 0 aliphatic rings. The van der Waals surface area contributed by atoms with Gasteiger partial charge in [0.05, 0.1) is 0 Å². The van der Waals surface area contributed by atoms with Crippen LogP contribution in [0.25, 0.3) is 0 Å². The fourth-order valence-electron chi connectivity index (χ4n) is 4.00. The third-order valence-electron chi connectivity index (χ3n) is 5.87. The van der Waals surface area contributed by atoms with Gasteiger partial charge in [0.25, 0.3) is 0 Å². The predicted molar refractivity (Wildman–Crippen MR) is 130 cm³/mol. The Kier molecular flexibility index (Phi) is 19.2. The van der Waals surface area contributed by atoms with E-state index in [1.807, 2.05) is 25.1 Å². The molecule has 0 fully saturated rings. The molecule has 0 saturated heterocycles. The number of benzene rings is 1. The molecule has 0 spiro atoms. The SMILES string of the molecule is CCCCCCCCc1cccc(CCCCCCCC)c1OC(CCC)S(=O)(=O)[O-].[Na+]. The molecule has 0 bridgehead atoms. The molecule has 0 amide bonds. The van der Waals surface area contributed by atoms with Gasteiger partial charge in [-0.1, -0.05) is 110 Å². The van der Waals surface area contributed by atoms with Gasteiger partial charge < -0.3 is 9.29 Å². The van der Waals surface area contributed by atoms with Crippen molar-refractivity contribution in [3.8, 4) is 5.75 Å². The van der Waals surface area contributed by atoms with Crippen LogP contribution < -0.4 is 34.3 Å². The monoisotopic (exact) mass is 476 g/mol. The Morgan fingerprint density at radius 1 is 0.750 bits per heavy atom. The Morgan fingerprint density at radius 2 is 1.19 bits per heavy atom. The summed E-state index contributed by atoms with van der Waals surface area (Å²) in [6.07, 6.45) is 17.0. The van der Waals surface area contributed by atoms with E-state index in [4.69, 9.17) is 4.74 Å². The minimum atomic E-state index is -4.50. The number of ether oxygens (including phenoxy) is 1. The summed E-state index contributed by atoms with van der Waals surface area (Å²) in [4.78, 5) is 0. The summed E-state index contributed by atoms with van der Waals surface area (Å²) < 4.78 is 41.3. The van der Waals surface area contributed by atoms with E-state index in [0.717, 1.165) is 36.8 Å². The zero-order valence-electron chi connectivity index (χ0n) is 21.2. The minimum Gasteiger partial charge on any atom is -0.745 e. The van der Waals surface area contributed by atoms with Crippen LogP contribution in [0.15, 0.2) is 18.2 Å². The number of aryl methyl sites for hydroxylation is 2. The average molecular weight is 477 g/mol. The van der Waals surface area contributed by atoms with E-state index in [9.17, 15) is 13.0 Å². The molecular formula is C26H45NaO4S. The van der Waals surface area contributed by atoms with Crippen molar-refractivity contribution >= 4 is 10.1 Å². The second-order valence-corrected chi connectivity index (χ2v) is 10.3. The fraction of sp³-hybridized carbons (Fsp3) is 0.769. The molecule has 0 saturated carbocycles. The molecule has 6 heteroatoms. The second kappa shape index (κ2) is 19.3. The summed E-state index contributed by atoms with van der Waals surface area (Å²) >= 11 is 0. The van der Waals surface area contributed by atoms with Crippen molar-refractivity contribution in [3.05, 3.63) is 29.3 Å². The van der Waals surface area contributed by atoms with Gasteiger partial charge in [0, 0.05) is 0 Å². The number of hydrogen-bond donors (Lipinski definition) is 0. The third kappa shape index (κ3) is 13.6. The van der Waals surface area contributed by atoms with E-state index < -0.39 is 15.6 Å². The molecule has 0 N–H and O–H groups in total. The van der Waals surface area contributed by atoms with Gasteiger partial charge in [-0.05, 0) is 43.2 Å². The molecule has 1 atom stereocenters. The topological polar surface area (TPSA) is 66.4 Å². The Hall–Kier alpha value is -0.0700. The van der Waals surface area contributed by atoms with Gasteiger partial charge in [0.2, 0.25) is 0 Å². The molecule has 0 heterocycles. The summed E-state index contributed by atoms with van der Waals surface area (Å²) in [5.74, 6) is 0.655. The fourth-order valence-corrected chi connectivity index (χ4v) is 4.74. The summed E-state index contributed by atoms with van der Waals surface area (Å²) in [7, 11) is -4.50. The van der Waals surface area contributed by atoms with E-state index in [1.165, 1.54) is 64.2 Å². The van der Waals surface area contributed by atoms with Crippen molar-refractivity contribution in [3.63, 3.8) is 0 Å². The standard InChI is InChI=1S/C26H46O4S.Na/c1-4-7-9-11-13-15-19-23-21-17-22-24(20-16-14-12-10-8-5-2)26(23)30-25(18-6-3)31(27,28)29;/h17,21-22,25H,4-16,18-20H2,1-3H3,(H,27,28,29);/q;+1/p-1. The smallest absolute Gasteiger partial charge is 0.745 e. The maximum atomic E-state index is 11.8. The van der Waals surface area contributed by atoms with Gasteiger partial charge >= 0.3 is 29.6 Å². The average Bonchev–Trinajstić information content (AvgIpc) is 2.73. The van der Waals surface area contributed by atoms with Crippen molar-refractivity contribution in [2.24, 2.45) is 0 Å². The van der Waals surface area contributed by atoms with E-state index in [0.29, 0.717) is 12.2 Å². The maximum absolute atomic E-state index is 11.8. The first-order valence-corrected chi connectivity index (χ1v) is 14.1. The molecule has 32 heavy (non-hydrogen) atoms. The summed E-state index contributed by atoms with van der Waals surface area (Å²) in [6, 6.07) is 6.12. The van der Waals surface area contributed by atoms with Gasteiger partial charge in [-0.15, -0.1) is 0 Å². The quantitative estimate of drug-likeness (QED) is 0.167. The molecule has 0 radical (unpaired) electrons. The molecule has 4 nitrogen and oxygen atoms in total. The molecule has 1 aromatic rings. The number of para-hydroxylation sites is 1. The first-order chi connectivity index (χ1) is 14.9. The Balaban J connectivity index is 0.00000961. The van der Waals surface area contributed by atoms with Crippen LogP contribution in [-0.4, -0.2) is 18.4 Å². The van der Waals surface area contributed by atoms with Crippen molar-refractivity contribution in [2.75, 3.05) is 0 Å². The van der Waals surface area contributed by atoms with Crippen LogP contribution in [0.1, 0.15) is 122 Å². The molecule has 0 aliphatic carbocycles. The van der Waals surface area contributed by atoms with Gasteiger partial charge in [0.1, 0.15) is 15.9 Å². The zero-order chi connectivity index (χ0) is 23.0. The van der Waals surface area contributed by atoms with Crippen LogP contribution in [0.4, 0.5) is 0 Å². The first-order valence-electron chi connectivity index (χ1n) is 12.7. The molecule has 1 unspecified atom stereocenters. The normalized spacial score (nSPS) is 12.4. The van der Waals surface area contributed by atoms with E-state index in [-0.39, 0.29) is 36.0 Å². The van der Waals surface area contributed by atoms with Crippen LogP contribution in [0.3, 0.4) is 0 Å². The minimum absolute atomic E-state index is 0. The van der Waals surface area contributed by atoms with E-state index in [2.05, 4.69) is 13.8 Å². The van der Waals surface area contributed by atoms with Crippen LogP contribution >= 0.6 is 0 Å². The Morgan fingerprint density at radius 3 is 1.59 bits per heavy atom. The van der Waals surface area contributed by atoms with Crippen LogP contribution in [-0.2, 0) is 23.0 Å². The van der Waals surface area contributed by atoms with Gasteiger partial charge in [-0.3, -0.25) is 0 Å². The van der Waals surface area contributed by atoms with Crippen LogP contribution in [0, 0.1) is 0 Å². The second-order valence-electron chi connectivity index (χ2n) is 8.77. The number of hydrogen-bond acceptors (Lipinski definition) is 4. The zero-order valence-corrected chi connectivity index (χ0v) is 24.0. The summed E-state index contributed by atoms with van der Waals surface area (Å²) in [6.45, 7) is 6.31. The van der Waals surface area contributed by atoms with Gasteiger partial charge in [-0.2, -0.15) is 0 Å². The van der Waals surface area contributed by atoms with Crippen LogP contribution in [0.2, 0.25) is 0 Å². The first kappa shape index (κ1) is 31.9. The number of unbranched alkanes of at least 4 members (excludes halogenated alkanes) is 10. The van der Waals surface area contributed by atoms with Crippen molar-refractivity contribution < 1.29 is 47.3 Å². The molecular weight excluding hydrogens is 431 g/mol. The maximum Gasteiger partial charge on any atom is 1.00 e. The molecule has 1 rings (SSSR count). The largest absolute Gasteiger partial charge is 1.00 e. The summed E-state index contributed by atoms with van der Waals surface area (Å²) in [5.41, 5.74) is 0.791. The Labute approximate surface area is 220 Å². The van der Waals surface area contributed by atoms with Crippen molar-refractivity contribution in [1.29, 1.82) is 0 Å². The van der Waals surface area contributed by atoms with Gasteiger partial charge in [-0.25, -0.2) is 8.42 Å². The number of rotatable bonds is 19. The van der Waals surface area contributed by atoms with Crippen molar-refractivity contribution in [1.82, 2.24) is 0 Å². The molecule has 0 aromatic heterocycles. The molecule has 180 valence electrons.